The molecule has 1 heterocycles. The smallest absolute Gasteiger partial charge is 0.207 e. The monoisotopic (exact) mass is 277 g/mol. The summed E-state index contributed by atoms with van der Waals surface area (Å²) in [5.74, 6) is 0. The predicted molar refractivity (Wildman–Crippen MR) is 77.5 cm³/mol. The Balaban J connectivity index is 2.28. The highest BCUT2D eigenvalue weighted by Crippen LogP contribution is 2.17. The Morgan fingerprint density at radius 2 is 1.42 bits per heavy atom. The third-order valence-electron chi connectivity index (χ3n) is 3.11. The molecule has 0 fully saturated rings. The fourth-order valence-electron chi connectivity index (χ4n) is 1.94. The van der Waals surface area contributed by atoms with E-state index in [1.165, 1.54) is 4.31 Å². The van der Waals surface area contributed by atoms with Crippen molar-refractivity contribution in [3.8, 4) is 0 Å². The van der Waals surface area contributed by atoms with Crippen LogP contribution in [0.25, 0.3) is 0 Å². The largest absolute Gasteiger partial charge is 0.243 e. The van der Waals surface area contributed by atoms with Gasteiger partial charge in [0.15, 0.2) is 0 Å². The Hall–Kier alpha value is -1.39. The first-order valence-electron chi connectivity index (χ1n) is 6.47. The van der Waals surface area contributed by atoms with Gasteiger partial charge in [-0.05, 0) is 31.9 Å². The van der Waals surface area contributed by atoms with Gasteiger partial charge in [-0.3, -0.25) is 0 Å². The van der Waals surface area contributed by atoms with Crippen LogP contribution in [0.5, 0.6) is 0 Å². The van der Waals surface area contributed by atoms with Crippen molar-refractivity contribution in [1.29, 1.82) is 0 Å². The molecule has 0 bridgehead atoms. The minimum Gasteiger partial charge on any atom is -0.207 e. The van der Waals surface area contributed by atoms with Crippen molar-refractivity contribution in [2.75, 3.05) is 13.1 Å². The molecule has 1 aromatic carbocycles. The number of hydrogen-bond acceptors (Lipinski definition) is 2. The topological polar surface area (TPSA) is 37.4 Å². The summed E-state index contributed by atoms with van der Waals surface area (Å²) in [4.78, 5) is 0.360. The molecule has 0 amide bonds. The molecule has 0 N–H and O–H groups in total. The Labute approximate surface area is 115 Å². The van der Waals surface area contributed by atoms with Crippen molar-refractivity contribution in [1.82, 2.24) is 4.31 Å². The van der Waals surface area contributed by atoms with E-state index in [0.29, 0.717) is 18.0 Å². The second-order valence-corrected chi connectivity index (χ2v) is 6.59. The fourth-order valence-corrected chi connectivity index (χ4v) is 3.29. The Bertz CT molecular complexity index is 555. The van der Waals surface area contributed by atoms with Crippen molar-refractivity contribution in [2.24, 2.45) is 0 Å². The predicted octanol–water partition coefficient (Wildman–Crippen LogP) is 2.89. The second kappa shape index (κ2) is 6.17. The first kappa shape index (κ1) is 14.0. The van der Waals surface area contributed by atoms with Gasteiger partial charge >= 0.3 is 0 Å². The van der Waals surface area contributed by atoms with Crippen molar-refractivity contribution in [3.63, 3.8) is 0 Å². The number of nitrogens with zero attached hydrogens (tertiary/aromatic N) is 1. The molecule has 0 saturated heterocycles. The van der Waals surface area contributed by atoms with Crippen LogP contribution >= 0.6 is 0 Å². The second-order valence-electron chi connectivity index (χ2n) is 4.66. The molecule has 3 nitrogen and oxygen atoms in total. The van der Waals surface area contributed by atoms with E-state index in [2.05, 4.69) is 0 Å². The van der Waals surface area contributed by atoms with Crippen LogP contribution in [-0.2, 0) is 10.0 Å². The van der Waals surface area contributed by atoms with E-state index in [9.17, 15) is 8.42 Å². The molecule has 102 valence electrons. The molecule has 0 unspecified atom stereocenters. The SMILES string of the molecule is Cc1ccc(S(=O)(=O)N2C/C=C/CC/C=C/C2)cc1. The van der Waals surface area contributed by atoms with E-state index >= 15 is 0 Å². The molecule has 0 aromatic heterocycles. The molecular formula is C15H19NO2S. The Morgan fingerprint density at radius 3 is 1.95 bits per heavy atom. The summed E-state index contributed by atoms with van der Waals surface area (Å²) in [6, 6.07) is 7.00. The third-order valence-corrected chi connectivity index (χ3v) is 4.96. The fraction of sp³-hybridized carbons (Fsp3) is 0.333. The maximum Gasteiger partial charge on any atom is 0.243 e. The lowest BCUT2D eigenvalue weighted by atomic mass is 10.2. The van der Waals surface area contributed by atoms with Gasteiger partial charge in [-0.15, -0.1) is 0 Å². The van der Waals surface area contributed by atoms with Gasteiger partial charge in [0, 0.05) is 13.1 Å². The Morgan fingerprint density at radius 1 is 0.895 bits per heavy atom. The minimum absolute atomic E-state index is 0.360. The van der Waals surface area contributed by atoms with Crippen LogP contribution in [0.15, 0.2) is 53.5 Å². The van der Waals surface area contributed by atoms with E-state index in [4.69, 9.17) is 0 Å². The molecule has 0 saturated carbocycles. The molecule has 0 atom stereocenters. The van der Waals surface area contributed by atoms with Crippen molar-refractivity contribution in [2.45, 2.75) is 24.7 Å². The average Bonchev–Trinajstić information content (AvgIpc) is 2.52. The molecule has 0 spiro atoms. The molecule has 1 aliphatic heterocycles. The molecule has 19 heavy (non-hydrogen) atoms. The zero-order valence-electron chi connectivity index (χ0n) is 11.1. The first-order chi connectivity index (χ1) is 9.10. The maximum atomic E-state index is 12.5. The normalized spacial score (nSPS) is 21.1. The van der Waals surface area contributed by atoms with Crippen LogP contribution in [-0.4, -0.2) is 25.8 Å². The van der Waals surface area contributed by atoms with Gasteiger partial charge in [0.1, 0.15) is 0 Å². The molecule has 1 aliphatic rings. The minimum atomic E-state index is -3.40. The quantitative estimate of drug-likeness (QED) is 0.779. The summed E-state index contributed by atoms with van der Waals surface area (Å²) < 4.78 is 26.6. The highest BCUT2D eigenvalue weighted by atomic mass is 32.2. The van der Waals surface area contributed by atoms with Crippen molar-refractivity contribution in [3.05, 3.63) is 54.1 Å². The van der Waals surface area contributed by atoms with E-state index in [-0.39, 0.29) is 0 Å². The summed E-state index contributed by atoms with van der Waals surface area (Å²) >= 11 is 0. The maximum absolute atomic E-state index is 12.5. The molecule has 0 radical (unpaired) electrons. The molecule has 2 rings (SSSR count). The molecule has 1 aromatic rings. The summed E-state index contributed by atoms with van der Waals surface area (Å²) in [7, 11) is -3.40. The lowest BCUT2D eigenvalue weighted by molar-refractivity contribution is 0.474. The summed E-state index contributed by atoms with van der Waals surface area (Å²) in [5, 5.41) is 0. The molecular weight excluding hydrogens is 258 g/mol. The van der Waals surface area contributed by atoms with Crippen LogP contribution in [0.1, 0.15) is 18.4 Å². The Kier molecular flexibility index (Phi) is 4.56. The molecule has 4 heteroatoms. The number of allylic oxidation sites excluding steroid dienone is 2. The lowest BCUT2D eigenvalue weighted by Gasteiger charge is -2.19. The van der Waals surface area contributed by atoms with Crippen molar-refractivity contribution < 1.29 is 8.42 Å². The molecule has 0 aliphatic carbocycles. The number of sulfonamides is 1. The van der Waals surface area contributed by atoms with E-state index in [1.807, 2.05) is 43.4 Å². The number of aryl methyl sites for hydroxylation is 1. The first-order valence-corrected chi connectivity index (χ1v) is 7.91. The number of benzene rings is 1. The number of hydrogen-bond donors (Lipinski definition) is 0. The van der Waals surface area contributed by atoms with Gasteiger partial charge < -0.3 is 0 Å². The van der Waals surface area contributed by atoms with Gasteiger partial charge in [0.25, 0.3) is 0 Å². The van der Waals surface area contributed by atoms with Crippen LogP contribution in [0, 0.1) is 6.92 Å². The van der Waals surface area contributed by atoms with Gasteiger partial charge in [0.2, 0.25) is 10.0 Å². The highest BCUT2D eigenvalue weighted by Gasteiger charge is 2.22. The van der Waals surface area contributed by atoms with Crippen LogP contribution in [0.4, 0.5) is 0 Å². The summed E-state index contributed by atoms with van der Waals surface area (Å²) in [6.07, 6.45) is 9.86. The van der Waals surface area contributed by atoms with Gasteiger partial charge in [0.05, 0.1) is 4.90 Å². The van der Waals surface area contributed by atoms with Crippen LogP contribution in [0.3, 0.4) is 0 Å². The van der Waals surface area contributed by atoms with Gasteiger partial charge in [-0.25, -0.2) is 8.42 Å². The number of rotatable bonds is 2. The zero-order chi connectivity index (χ0) is 13.7. The van der Waals surface area contributed by atoms with Gasteiger partial charge in [-0.2, -0.15) is 4.31 Å². The lowest BCUT2D eigenvalue weighted by Crippen LogP contribution is -2.31. The van der Waals surface area contributed by atoms with Gasteiger partial charge in [-0.1, -0.05) is 42.0 Å². The standard InChI is InChI=1S/C15H19NO2S/c1-14-8-10-15(11-9-14)19(17,18)16-12-6-4-2-3-5-7-13-16/h4-11H,2-3,12-13H2,1H3/b6-4+,7-5+. The van der Waals surface area contributed by atoms with E-state index < -0.39 is 10.0 Å². The van der Waals surface area contributed by atoms with Crippen molar-refractivity contribution >= 4 is 10.0 Å². The third kappa shape index (κ3) is 3.55. The van der Waals surface area contributed by atoms with E-state index in [1.54, 1.807) is 12.1 Å². The van der Waals surface area contributed by atoms with Crippen LogP contribution in [0.2, 0.25) is 0 Å². The summed E-state index contributed by atoms with van der Waals surface area (Å²) in [5.41, 5.74) is 1.06. The summed E-state index contributed by atoms with van der Waals surface area (Å²) in [6.45, 7) is 2.81. The zero-order valence-corrected chi connectivity index (χ0v) is 11.9. The van der Waals surface area contributed by atoms with E-state index in [0.717, 1.165) is 18.4 Å². The van der Waals surface area contributed by atoms with Crippen LogP contribution < -0.4 is 0 Å². The highest BCUT2D eigenvalue weighted by molar-refractivity contribution is 7.89. The average molecular weight is 277 g/mol.